The van der Waals surface area contributed by atoms with Gasteiger partial charge in [-0.15, -0.1) is 0 Å². The Bertz CT molecular complexity index is 502. The molecule has 4 nitrogen and oxygen atoms in total. The Balaban J connectivity index is 2.20. The molecule has 0 spiro atoms. The van der Waals surface area contributed by atoms with E-state index in [1.54, 1.807) is 0 Å². The minimum Gasteiger partial charge on any atom is -0.306 e. The number of aryl methyl sites for hydroxylation is 1. The molecule has 0 bridgehead atoms. The molecular formula is C17H29N3OS. The second kappa shape index (κ2) is 7.20. The van der Waals surface area contributed by atoms with Gasteiger partial charge in [-0.1, -0.05) is 6.07 Å². The normalized spacial score (nSPS) is 20.8. The van der Waals surface area contributed by atoms with Crippen molar-refractivity contribution < 1.29 is 4.21 Å². The molecule has 2 heterocycles. The first-order valence-corrected chi connectivity index (χ1v) is 9.21. The van der Waals surface area contributed by atoms with Gasteiger partial charge in [-0.2, -0.15) is 0 Å². The number of nitrogens with zero attached hydrogens (tertiary/aromatic N) is 2. The predicted molar refractivity (Wildman–Crippen MR) is 93.0 cm³/mol. The molecule has 2 rings (SSSR count). The van der Waals surface area contributed by atoms with Crippen LogP contribution in [-0.4, -0.2) is 39.0 Å². The van der Waals surface area contributed by atoms with Crippen LogP contribution in [0.15, 0.2) is 18.3 Å². The highest BCUT2D eigenvalue weighted by Crippen LogP contribution is 2.31. The van der Waals surface area contributed by atoms with Crippen LogP contribution in [0.3, 0.4) is 0 Å². The summed E-state index contributed by atoms with van der Waals surface area (Å²) >= 11 is 0. The van der Waals surface area contributed by atoms with Crippen molar-refractivity contribution >= 4 is 11.0 Å². The predicted octanol–water partition coefficient (Wildman–Crippen LogP) is 2.82. The number of likely N-dealkylation sites (tertiary alicyclic amines) is 1. The molecular weight excluding hydrogens is 294 g/mol. The van der Waals surface area contributed by atoms with E-state index in [-0.39, 0.29) is 10.8 Å². The summed E-state index contributed by atoms with van der Waals surface area (Å²) in [6.45, 7) is 10.2. The second-order valence-electron chi connectivity index (χ2n) is 7.38. The van der Waals surface area contributed by atoms with Crippen LogP contribution in [0, 0.1) is 12.8 Å². The van der Waals surface area contributed by atoms with Gasteiger partial charge in [0.1, 0.15) is 0 Å². The molecule has 124 valence electrons. The van der Waals surface area contributed by atoms with Gasteiger partial charge in [0.2, 0.25) is 0 Å². The Kier molecular flexibility index (Phi) is 5.75. The maximum absolute atomic E-state index is 12.6. The van der Waals surface area contributed by atoms with Crippen molar-refractivity contribution in [1.82, 2.24) is 14.6 Å². The van der Waals surface area contributed by atoms with E-state index >= 15 is 0 Å². The summed E-state index contributed by atoms with van der Waals surface area (Å²) in [6.07, 6.45) is 4.13. The first kappa shape index (κ1) is 17.6. The maximum Gasteiger partial charge on any atom is 0.0976 e. The molecule has 5 heteroatoms. The summed E-state index contributed by atoms with van der Waals surface area (Å²) in [6, 6.07) is 4.23. The number of aromatic nitrogens is 1. The third-order valence-electron chi connectivity index (χ3n) is 4.28. The van der Waals surface area contributed by atoms with E-state index in [1.807, 2.05) is 33.9 Å². The van der Waals surface area contributed by atoms with Crippen molar-refractivity contribution in [2.24, 2.45) is 5.92 Å². The summed E-state index contributed by atoms with van der Waals surface area (Å²) in [5.41, 5.74) is 2.17. The van der Waals surface area contributed by atoms with Crippen molar-refractivity contribution in [3.63, 3.8) is 0 Å². The Morgan fingerprint density at radius 3 is 2.45 bits per heavy atom. The van der Waals surface area contributed by atoms with Crippen LogP contribution in [0.1, 0.15) is 50.9 Å². The Morgan fingerprint density at radius 1 is 1.32 bits per heavy atom. The molecule has 1 fully saturated rings. The molecule has 1 aliphatic rings. The molecule has 1 unspecified atom stereocenters. The quantitative estimate of drug-likeness (QED) is 0.927. The van der Waals surface area contributed by atoms with E-state index in [0.29, 0.717) is 5.92 Å². The van der Waals surface area contributed by atoms with E-state index in [1.165, 1.54) is 0 Å². The largest absolute Gasteiger partial charge is 0.306 e. The molecule has 0 aromatic carbocycles. The van der Waals surface area contributed by atoms with E-state index in [2.05, 4.69) is 33.8 Å². The molecule has 0 radical (unpaired) electrons. The highest BCUT2D eigenvalue weighted by Gasteiger charge is 2.31. The Labute approximate surface area is 137 Å². The van der Waals surface area contributed by atoms with Crippen molar-refractivity contribution in [2.75, 3.05) is 20.1 Å². The second-order valence-corrected chi connectivity index (χ2v) is 9.38. The first-order valence-electron chi connectivity index (χ1n) is 8.06. The van der Waals surface area contributed by atoms with Gasteiger partial charge < -0.3 is 4.90 Å². The minimum atomic E-state index is -1.09. The molecule has 2 atom stereocenters. The van der Waals surface area contributed by atoms with Gasteiger partial charge in [-0.05, 0) is 78.2 Å². The van der Waals surface area contributed by atoms with Gasteiger partial charge in [0, 0.05) is 6.20 Å². The lowest BCUT2D eigenvalue weighted by Crippen LogP contribution is -2.42. The first-order chi connectivity index (χ1) is 10.3. The van der Waals surface area contributed by atoms with E-state index in [0.717, 1.165) is 37.2 Å². The molecule has 1 saturated heterocycles. The van der Waals surface area contributed by atoms with Crippen LogP contribution in [0.5, 0.6) is 0 Å². The summed E-state index contributed by atoms with van der Waals surface area (Å²) in [4.78, 5) is 6.96. The van der Waals surface area contributed by atoms with Crippen molar-refractivity contribution in [2.45, 2.75) is 51.3 Å². The lowest BCUT2D eigenvalue weighted by Gasteiger charge is -2.35. The van der Waals surface area contributed by atoms with Gasteiger partial charge >= 0.3 is 0 Å². The highest BCUT2D eigenvalue weighted by atomic mass is 32.2. The third kappa shape index (κ3) is 4.61. The van der Waals surface area contributed by atoms with Crippen LogP contribution in [0.4, 0.5) is 0 Å². The molecule has 22 heavy (non-hydrogen) atoms. The minimum absolute atomic E-state index is 0.0642. The zero-order chi connectivity index (χ0) is 16.3. The van der Waals surface area contributed by atoms with Crippen molar-refractivity contribution in [3.8, 4) is 0 Å². The fourth-order valence-electron chi connectivity index (χ4n) is 2.72. The molecule has 1 aromatic rings. The summed E-state index contributed by atoms with van der Waals surface area (Å²) in [7, 11) is 1.08. The van der Waals surface area contributed by atoms with Gasteiger partial charge in [-0.25, -0.2) is 8.93 Å². The lowest BCUT2D eigenvalue weighted by molar-refractivity contribution is 0.192. The summed E-state index contributed by atoms with van der Waals surface area (Å²) < 4.78 is 15.7. The highest BCUT2D eigenvalue weighted by molar-refractivity contribution is 7.84. The van der Waals surface area contributed by atoms with Crippen LogP contribution in [-0.2, 0) is 11.0 Å². The zero-order valence-electron chi connectivity index (χ0n) is 14.4. The van der Waals surface area contributed by atoms with Gasteiger partial charge in [0.25, 0.3) is 0 Å². The zero-order valence-corrected chi connectivity index (χ0v) is 15.2. The van der Waals surface area contributed by atoms with Crippen molar-refractivity contribution in [1.29, 1.82) is 0 Å². The van der Waals surface area contributed by atoms with Crippen LogP contribution < -0.4 is 4.72 Å². The number of hydrogen-bond donors (Lipinski definition) is 1. The smallest absolute Gasteiger partial charge is 0.0976 e. The summed E-state index contributed by atoms with van der Waals surface area (Å²) in [5.74, 6) is 0.484. The van der Waals surface area contributed by atoms with Crippen LogP contribution >= 0.6 is 0 Å². The molecule has 1 aliphatic heterocycles. The van der Waals surface area contributed by atoms with Crippen LogP contribution in [0.25, 0.3) is 0 Å². The molecule has 1 aromatic heterocycles. The SMILES string of the molecule is Cc1ccc(C(N[S@](=O)C(C)(C)C)C2CCN(C)CC2)nc1. The van der Waals surface area contributed by atoms with Gasteiger partial charge in [0.05, 0.1) is 27.5 Å². The van der Waals surface area contributed by atoms with E-state index in [4.69, 9.17) is 0 Å². The Morgan fingerprint density at radius 2 is 1.95 bits per heavy atom. The number of pyridine rings is 1. The maximum atomic E-state index is 12.6. The molecule has 0 saturated carbocycles. The standard InChI is InChI=1S/C17H29N3OS/c1-13-6-7-15(18-12-13)16(19-22(21)17(2,3)4)14-8-10-20(5)11-9-14/h6-7,12,14,16,19H,8-11H2,1-5H3/t16?,22-/m1/s1. The summed E-state index contributed by atoms with van der Waals surface area (Å²) in [5, 5.41) is 0. The fraction of sp³-hybridized carbons (Fsp3) is 0.706. The van der Waals surface area contributed by atoms with Gasteiger partial charge in [0.15, 0.2) is 0 Å². The monoisotopic (exact) mass is 323 g/mol. The number of piperidine rings is 1. The van der Waals surface area contributed by atoms with Crippen molar-refractivity contribution in [3.05, 3.63) is 29.6 Å². The lowest BCUT2D eigenvalue weighted by atomic mass is 9.88. The average molecular weight is 324 g/mol. The van der Waals surface area contributed by atoms with Crippen LogP contribution in [0.2, 0.25) is 0 Å². The van der Waals surface area contributed by atoms with Gasteiger partial charge in [-0.3, -0.25) is 4.98 Å². The number of hydrogen-bond acceptors (Lipinski definition) is 3. The topological polar surface area (TPSA) is 45.2 Å². The van der Waals surface area contributed by atoms with E-state index in [9.17, 15) is 4.21 Å². The molecule has 0 amide bonds. The number of nitrogens with one attached hydrogen (secondary N) is 1. The third-order valence-corrected chi connectivity index (χ3v) is 5.86. The molecule has 0 aliphatic carbocycles. The molecule has 1 N–H and O–H groups in total. The van der Waals surface area contributed by atoms with E-state index < -0.39 is 11.0 Å². The fourth-order valence-corrected chi connectivity index (χ4v) is 3.61. The number of rotatable bonds is 4. The average Bonchev–Trinajstić information content (AvgIpc) is 2.46. The Hall–Kier alpha value is -0.780.